The van der Waals surface area contributed by atoms with Crippen molar-refractivity contribution in [1.82, 2.24) is 14.8 Å². The van der Waals surface area contributed by atoms with Gasteiger partial charge in [0.05, 0.1) is 6.10 Å². The number of amides is 2. The number of aliphatic hydroxyl groups is 1. The Morgan fingerprint density at radius 1 is 1.11 bits per heavy atom. The number of likely N-dealkylation sites (tertiary alicyclic amines) is 2. The summed E-state index contributed by atoms with van der Waals surface area (Å²) in [7, 11) is 0. The van der Waals surface area contributed by atoms with E-state index in [1.807, 2.05) is 4.90 Å². The van der Waals surface area contributed by atoms with E-state index in [1.165, 1.54) is 12.3 Å². The number of pyridine rings is 1. The maximum Gasteiger partial charge on any atom is 0.260 e. The van der Waals surface area contributed by atoms with Crippen LogP contribution in [0.25, 0.3) is 0 Å². The maximum absolute atomic E-state index is 13.5. The molecule has 3 fully saturated rings. The van der Waals surface area contributed by atoms with Crippen molar-refractivity contribution >= 4 is 11.8 Å². The van der Waals surface area contributed by atoms with Crippen molar-refractivity contribution in [3.63, 3.8) is 0 Å². The van der Waals surface area contributed by atoms with Gasteiger partial charge in [-0.3, -0.25) is 14.4 Å². The molecule has 3 aliphatic rings. The summed E-state index contributed by atoms with van der Waals surface area (Å²) in [6, 6.07) is 3.32. The largest absolute Gasteiger partial charge is 0.393 e. The molecule has 1 aromatic heterocycles. The Labute approximate surface area is 158 Å². The lowest BCUT2D eigenvalue weighted by atomic mass is 9.82. The highest BCUT2D eigenvalue weighted by Gasteiger charge is 2.54. The third kappa shape index (κ3) is 3.08. The fourth-order valence-corrected chi connectivity index (χ4v) is 5.13. The molecule has 146 valence electrons. The number of hydrogen-bond acceptors (Lipinski definition) is 4. The molecule has 2 amide bonds. The SMILES string of the molecule is O=C(c1ccc[nH]c1=O)N1CCCC12CCCN(C1CCC(O)CC1)C2=O. The van der Waals surface area contributed by atoms with Gasteiger partial charge in [-0.15, -0.1) is 0 Å². The van der Waals surface area contributed by atoms with Gasteiger partial charge in [0, 0.05) is 25.3 Å². The summed E-state index contributed by atoms with van der Waals surface area (Å²) < 4.78 is 0. The van der Waals surface area contributed by atoms with Crippen LogP contribution in [0.15, 0.2) is 23.1 Å². The van der Waals surface area contributed by atoms with E-state index >= 15 is 0 Å². The summed E-state index contributed by atoms with van der Waals surface area (Å²) in [5.74, 6) is -0.308. The number of nitrogens with one attached hydrogen (secondary N) is 1. The van der Waals surface area contributed by atoms with Gasteiger partial charge in [-0.1, -0.05) is 0 Å². The zero-order valence-corrected chi connectivity index (χ0v) is 15.5. The lowest BCUT2D eigenvalue weighted by Crippen LogP contribution is -2.63. The zero-order valence-electron chi connectivity index (χ0n) is 15.5. The van der Waals surface area contributed by atoms with Crippen LogP contribution in [0.3, 0.4) is 0 Å². The number of aromatic amines is 1. The van der Waals surface area contributed by atoms with Crippen LogP contribution in [0.5, 0.6) is 0 Å². The number of carbonyl (C=O) groups excluding carboxylic acids is 2. The molecule has 4 rings (SSSR count). The molecule has 2 aliphatic heterocycles. The summed E-state index contributed by atoms with van der Waals surface area (Å²) in [5, 5.41) is 9.77. The van der Waals surface area contributed by atoms with Crippen LogP contribution in [0.4, 0.5) is 0 Å². The third-order valence-electron chi connectivity index (χ3n) is 6.54. The summed E-state index contributed by atoms with van der Waals surface area (Å²) >= 11 is 0. The number of H-pyrrole nitrogens is 1. The van der Waals surface area contributed by atoms with Crippen LogP contribution in [0.2, 0.25) is 0 Å². The molecule has 1 aliphatic carbocycles. The van der Waals surface area contributed by atoms with E-state index in [4.69, 9.17) is 0 Å². The van der Waals surface area contributed by atoms with Crippen LogP contribution in [0, 0.1) is 0 Å². The number of aliphatic hydroxyl groups excluding tert-OH is 1. The summed E-state index contributed by atoms with van der Waals surface area (Å²) in [4.78, 5) is 44.9. The third-order valence-corrected chi connectivity index (χ3v) is 6.54. The van der Waals surface area contributed by atoms with Crippen molar-refractivity contribution in [3.05, 3.63) is 34.2 Å². The van der Waals surface area contributed by atoms with Gasteiger partial charge in [-0.25, -0.2) is 0 Å². The van der Waals surface area contributed by atoms with E-state index in [1.54, 1.807) is 11.0 Å². The maximum atomic E-state index is 13.5. The first-order valence-corrected chi connectivity index (χ1v) is 10.0. The van der Waals surface area contributed by atoms with Crippen molar-refractivity contribution in [1.29, 1.82) is 0 Å². The molecular weight excluding hydrogens is 346 g/mol. The predicted molar refractivity (Wildman–Crippen MR) is 99.3 cm³/mol. The van der Waals surface area contributed by atoms with E-state index < -0.39 is 11.1 Å². The number of hydrogen-bond donors (Lipinski definition) is 2. The van der Waals surface area contributed by atoms with E-state index in [-0.39, 0.29) is 29.5 Å². The minimum atomic E-state index is -0.812. The van der Waals surface area contributed by atoms with Gasteiger partial charge in [0.15, 0.2) is 0 Å². The Hall–Kier alpha value is -2.15. The molecule has 1 spiro atoms. The van der Waals surface area contributed by atoms with E-state index in [2.05, 4.69) is 4.98 Å². The van der Waals surface area contributed by atoms with Gasteiger partial charge in [-0.2, -0.15) is 0 Å². The highest BCUT2D eigenvalue weighted by Crippen LogP contribution is 2.40. The summed E-state index contributed by atoms with van der Waals surface area (Å²) in [5.41, 5.74) is -1.12. The highest BCUT2D eigenvalue weighted by molar-refractivity contribution is 5.99. The lowest BCUT2D eigenvalue weighted by molar-refractivity contribution is -0.149. The number of nitrogens with zero attached hydrogens (tertiary/aromatic N) is 2. The van der Waals surface area contributed by atoms with Gasteiger partial charge < -0.3 is 19.9 Å². The summed E-state index contributed by atoms with van der Waals surface area (Å²) in [6.07, 6.45) is 7.28. The van der Waals surface area contributed by atoms with Crippen molar-refractivity contribution in [2.24, 2.45) is 0 Å². The molecular formula is C20H27N3O4. The quantitative estimate of drug-likeness (QED) is 0.816. The van der Waals surface area contributed by atoms with E-state index in [0.29, 0.717) is 19.4 Å². The molecule has 0 bridgehead atoms. The topological polar surface area (TPSA) is 93.7 Å². The molecule has 3 heterocycles. The number of aromatic nitrogens is 1. The molecule has 27 heavy (non-hydrogen) atoms. The highest BCUT2D eigenvalue weighted by atomic mass is 16.3. The minimum Gasteiger partial charge on any atom is -0.393 e. The zero-order chi connectivity index (χ0) is 19.0. The van der Waals surface area contributed by atoms with Crippen LogP contribution in [-0.2, 0) is 4.79 Å². The van der Waals surface area contributed by atoms with Crippen LogP contribution < -0.4 is 5.56 Å². The fourth-order valence-electron chi connectivity index (χ4n) is 5.13. The Morgan fingerprint density at radius 2 is 1.81 bits per heavy atom. The van der Waals surface area contributed by atoms with Crippen molar-refractivity contribution in [2.75, 3.05) is 13.1 Å². The fraction of sp³-hybridized carbons (Fsp3) is 0.650. The Bertz CT molecular complexity index is 783. The molecule has 2 saturated heterocycles. The minimum absolute atomic E-state index is 0.0355. The first-order chi connectivity index (χ1) is 13.0. The standard InChI is InChI=1S/C20H27N3O4/c24-15-7-5-14(6-8-15)22-12-2-9-20(19(22)27)10-3-13-23(20)18(26)16-4-1-11-21-17(16)25/h1,4,11,14-15,24H,2-3,5-10,12-13H2,(H,21,25). The molecule has 1 atom stereocenters. The van der Waals surface area contributed by atoms with E-state index in [0.717, 1.165) is 45.1 Å². The molecule has 1 aromatic rings. The van der Waals surface area contributed by atoms with Gasteiger partial charge >= 0.3 is 0 Å². The average Bonchev–Trinajstić information content (AvgIpc) is 3.09. The second-order valence-corrected chi connectivity index (χ2v) is 8.07. The number of piperidine rings is 1. The first-order valence-electron chi connectivity index (χ1n) is 10.0. The lowest BCUT2D eigenvalue weighted by Gasteiger charge is -2.48. The smallest absolute Gasteiger partial charge is 0.260 e. The van der Waals surface area contributed by atoms with Crippen molar-refractivity contribution < 1.29 is 14.7 Å². The van der Waals surface area contributed by atoms with Crippen LogP contribution in [-0.4, -0.2) is 62.5 Å². The van der Waals surface area contributed by atoms with Crippen LogP contribution >= 0.6 is 0 Å². The van der Waals surface area contributed by atoms with Crippen LogP contribution in [0.1, 0.15) is 61.7 Å². The molecule has 0 aromatic carbocycles. The second-order valence-electron chi connectivity index (χ2n) is 8.07. The van der Waals surface area contributed by atoms with E-state index in [9.17, 15) is 19.5 Å². The summed E-state index contributed by atoms with van der Waals surface area (Å²) in [6.45, 7) is 1.23. The first kappa shape index (κ1) is 18.2. The van der Waals surface area contributed by atoms with Gasteiger partial charge in [-0.05, 0) is 63.5 Å². The Balaban J connectivity index is 1.60. The molecule has 1 unspecified atom stereocenters. The Morgan fingerprint density at radius 3 is 2.52 bits per heavy atom. The van der Waals surface area contributed by atoms with Gasteiger partial charge in [0.25, 0.3) is 11.5 Å². The molecule has 0 radical (unpaired) electrons. The van der Waals surface area contributed by atoms with Gasteiger partial charge in [0.1, 0.15) is 11.1 Å². The Kier molecular flexibility index (Phi) is 4.80. The average molecular weight is 373 g/mol. The van der Waals surface area contributed by atoms with Gasteiger partial charge in [0.2, 0.25) is 5.91 Å². The monoisotopic (exact) mass is 373 g/mol. The molecule has 2 N–H and O–H groups in total. The van der Waals surface area contributed by atoms with Crippen molar-refractivity contribution in [3.8, 4) is 0 Å². The second kappa shape index (κ2) is 7.11. The molecule has 7 nitrogen and oxygen atoms in total. The normalized spacial score (nSPS) is 31.5. The predicted octanol–water partition coefficient (Wildman–Crippen LogP) is 1.28. The number of carbonyl (C=O) groups is 2. The molecule has 1 saturated carbocycles. The molecule has 7 heteroatoms. The van der Waals surface area contributed by atoms with Crippen molar-refractivity contribution in [2.45, 2.75) is 69.1 Å². The number of rotatable bonds is 2.